The van der Waals surface area contributed by atoms with Crippen LogP contribution in [-0.2, 0) is 0 Å². The maximum Gasteiger partial charge on any atom is 0.213 e. The zero-order valence-corrected chi connectivity index (χ0v) is 17.7. The van der Waals surface area contributed by atoms with Crippen molar-refractivity contribution in [2.45, 2.75) is 6.92 Å². The molecule has 150 valence electrons. The molecule has 6 nitrogen and oxygen atoms in total. The monoisotopic (exact) mass is 406 g/mol. The molecule has 7 heteroatoms. The third kappa shape index (κ3) is 5.58. The minimum atomic E-state index is 0.0199. The molecule has 0 amide bonds. The lowest BCUT2D eigenvalue weighted by atomic mass is 10.1. The average molecular weight is 407 g/mol. The number of hydrogen-bond acceptors (Lipinski definition) is 5. The van der Waals surface area contributed by atoms with Crippen molar-refractivity contribution in [2.24, 2.45) is 16.5 Å². The lowest BCUT2D eigenvalue weighted by Gasteiger charge is -2.11. The first-order valence-corrected chi connectivity index (χ1v) is 10.1. The Morgan fingerprint density at radius 3 is 2.41 bits per heavy atom. The van der Waals surface area contributed by atoms with Gasteiger partial charge in [0, 0.05) is 32.0 Å². The van der Waals surface area contributed by atoms with E-state index in [1.54, 1.807) is 0 Å². The number of nitrogens with one attached hydrogen (secondary N) is 1. The maximum absolute atomic E-state index is 5.43. The average Bonchev–Trinajstić information content (AvgIpc) is 3.05. The molecular weight excluding hydrogens is 380 g/mol. The highest BCUT2D eigenvalue weighted by molar-refractivity contribution is 7.18. The van der Waals surface area contributed by atoms with Gasteiger partial charge in [-0.3, -0.25) is 0 Å². The second-order valence-electron chi connectivity index (χ2n) is 6.79. The number of aliphatic imine (C=N–C) groups is 1. The topological polar surface area (TPSA) is 92.6 Å². The number of hydrogen-bond donors (Lipinski definition) is 3. The van der Waals surface area contributed by atoms with Gasteiger partial charge < -0.3 is 21.7 Å². The number of thiazole rings is 1. The van der Waals surface area contributed by atoms with E-state index in [0.717, 1.165) is 28.4 Å². The standard InChI is InChI=1S/C22H26N6S/c1-15-20(29-22(26-15)27-21(23)24)17-8-10-18(11-9-17)25-14-4-5-16-6-12-19(13-7-16)28(2)3/h4-13,25H,14H2,1-3H3,(H4,23,24,26,27). The summed E-state index contributed by atoms with van der Waals surface area (Å²) >= 11 is 1.48. The van der Waals surface area contributed by atoms with Gasteiger partial charge in [0.2, 0.25) is 5.13 Å². The molecule has 29 heavy (non-hydrogen) atoms. The second kappa shape index (κ2) is 9.25. The number of nitrogens with two attached hydrogens (primary N) is 2. The number of guanidine groups is 1. The van der Waals surface area contributed by atoms with Crippen LogP contribution in [-0.4, -0.2) is 31.6 Å². The molecule has 0 bridgehead atoms. The van der Waals surface area contributed by atoms with Gasteiger partial charge >= 0.3 is 0 Å². The molecule has 1 aromatic heterocycles. The van der Waals surface area contributed by atoms with Crippen molar-refractivity contribution >= 4 is 39.9 Å². The van der Waals surface area contributed by atoms with Crippen LogP contribution in [0.5, 0.6) is 0 Å². The van der Waals surface area contributed by atoms with Crippen LogP contribution in [0.2, 0.25) is 0 Å². The van der Waals surface area contributed by atoms with Gasteiger partial charge in [-0.25, -0.2) is 4.98 Å². The fourth-order valence-corrected chi connectivity index (χ4v) is 3.77. The summed E-state index contributed by atoms with van der Waals surface area (Å²) in [6.07, 6.45) is 4.24. The largest absolute Gasteiger partial charge is 0.382 e. The van der Waals surface area contributed by atoms with E-state index in [9.17, 15) is 0 Å². The summed E-state index contributed by atoms with van der Waals surface area (Å²) in [4.78, 5) is 11.6. The summed E-state index contributed by atoms with van der Waals surface area (Å²) in [5, 5.41) is 3.98. The number of aromatic nitrogens is 1. The summed E-state index contributed by atoms with van der Waals surface area (Å²) in [6, 6.07) is 16.8. The van der Waals surface area contributed by atoms with Crippen molar-refractivity contribution < 1.29 is 0 Å². The fourth-order valence-electron chi connectivity index (χ4n) is 2.80. The van der Waals surface area contributed by atoms with Crippen molar-refractivity contribution in [1.82, 2.24) is 4.98 Å². The van der Waals surface area contributed by atoms with Gasteiger partial charge in [0.25, 0.3) is 0 Å². The molecule has 0 unspecified atom stereocenters. The highest BCUT2D eigenvalue weighted by Gasteiger charge is 2.09. The second-order valence-corrected chi connectivity index (χ2v) is 7.77. The lowest BCUT2D eigenvalue weighted by Crippen LogP contribution is -2.21. The minimum Gasteiger partial charge on any atom is -0.382 e. The van der Waals surface area contributed by atoms with E-state index in [-0.39, 0.29) is 5.96 Å². The van der Waals surface area contributed by atoms with Gasteiger partial charge in [0.1, 0.15) is 0 Å². The van der Waals surface area contributed by atoms with E-state index >= 15 is 0 Å². The van der Waals surface area contributed by atoms with Crippen LogP contribution in [0, 0.1) is 6.92 Å². The number of benzene rings is 2. The van der Waals surface area contributed by atoms with Crippen LogP contribution in [0.4, 0.5) is 16.5 Å². The maximum atomic E-state index is 5.43. The van der Waals surface area contributed by atoms with E-state index in [0.29, 0.717) is 5.13 Å². The Kier molecular flexibility index (Phi) is 6.51. The Balaban J connectivity index is 1.58. The van der Waals surface area contributed by atoms with Crippen LogP contribution in [0.25, 0.3) is 16.5 Å². The first-order valence-electron chi connectivity index (χ1n) is 9.27. The van der Waals surface area contributed by atoms with Gasteiger partial charge in [-0.1, -0.05) is 47.8 Å². The Hall–Kier alpha value is -3.32. The highest BCUT2D eigenvalue weighted by atomic mass is 32.1. The van der Waals surface area contributed by atoms with Gasteiger partial charge in [-0.15, -0.1) is 0 Å². The molecule has 0 saturated carbocycles. The molecule has 0 spiro atoms. The van der Waals surface area contributed by atoms with Crippen molar-refractivity contribution in [3.8, 4) is 10.4 Å². The van der Waals surface area contributed by atoms with Gasteiger partial charge in [0.05, 0.1) is 10.6 Å². The Bertz CT molecular complexity index is 997. The molecule has 3 aromatic rings. The van der Waals surface area contributed by atoms with E-state index < -0.39 is 0 Å². The third-order valence-corrected chi connectivity index (χ3v) is 5.40. The normalized spacial score (nSPS) is 10.9. The number of anilines is 2. The summed E-state index contributed by atoms with van der Waals surface area (Å²) in [6.45, 7) is 2.71. The zero-order chi connectivity index (χ0) is 20.8. The lowest BCUT2D eigenvalue weighted by molar-refractivity contribution is 1.13. The summed E-state index contributed by atoms with van der Waals surface area (Å²) < 4.78 is 0. The van der Waals surface area contributed by atoms with Gasteiger partial charge in [-0.2, -0.15) is 4.99 Å². The van der Waals surface area contributed by atoms with Crippen molar-refractivity contribution in [3.63, 3.8) is 0 Å². The Morgan fingerprint density at radius 2 is 1.79 bits per heavy atom. The Morgan fingerprint density at radius 1 is 1.10 bits per heavy atom. The first kappa shape index (κ1) is 20.4. The molecule has 0 atom stereocenters. The number of rotatable bonds is 7. The van der Waals surface area contributed by atoms with E-state index in [2.05, 4.69) is 80.9 Å². The molecule has 0 saturated heterocycles. The zero-order valence-electron chi connectivity index (χ0n) is 16.9. The van der Waals surface area contributed by atoms with Crippen molar-refractivity contribution in [1.29, 1.82) is 0 Å². The summed E-state index contributed by atoms with van der Waals surface area (Å²) in [7, 11) is 4.08. The van der Waals surface area contributed by atoms with Crippen LogP contribution >= 0.6 is 11.3 Å². The van der Waals surface area contributed by atoms with E-state index in [4.69, 9.17) is 11.5 Å². The van der Waals surface area contributed by atoms with Crippen molar-refractivity contribution in [3.05, 3.63) is 65.9 Å². The molecule has 0 aliphatic rings. The molecule has 3 rings (SSSR count). The summed E-state index contributed by atoms with van der Waals surface area (Å²) in [5.74, 6) is 0.0199. The van der Waals surface area contributed by atoms with E-state index in [1.165, 1.54) is 22.6 Å². The number of nitrogens with zero attached hydrogens (tertiary/aromatic N) is 3. The quantitative estimate of drug-likeness (QED) is 0.404. The van der Waals surface area contributed by atoms with Crippen LogP contribution in [0.1, 0.15) is 11.3 Å². The molecule has 2 aromatic carbocycles. The smallest absolute Gasteiger partial charge is 0.213 e. The van der Waals surface area contributed by atoms with E-state index in [1.807, 2.05) is 21.0 Å². The van der Waals surface area contributed by atoms with Crippen molar-refractivity contribution in [2.75, 3.05) is 30.9 Å². The minimum absolute atomic E-state index is 0.0199. The molecule has 0 aliphatic carbocycles. The highest BCUT2D eigenvalue weighted by Crippen LogP contribution is 2.34. The van der Waals surface area contributed by atoms with Gasteiger partial charge in [-0.05, 0) is 42.3 Å². The molecule has 5 N–H and O–H groups in total. The van der Waals surface area contributed by atoms with Crippen LogP contribution < -0.4 is 21.7 Å². The fraction of sp³-hybridized carbons (Fsp3) is 0.182. The molecule has 0 radical (unpaired) electrons. The molecule has 0 aliphatic heterocycles. The molecule has 1 heterocycles. The third-order valence-electron chi connectivity index (χ3n) is 4.30. The summed E-state index contributed by atoms with van der Waals surface area (Å²) in [5.41, 5.74) is 16.3. The van der Waals surface area contributed by atoms with Crippen LogP contribution in [0.15, 0.2) is 59.6 Å². The first-order chi connectivity index (χ1) is 13.9. The van der Waals surface area contributed by atoms with Gasteiger partial charge in [0.15, 0.2) is 5.96 Å². The predicted molar refractivity (Wildman–Crippen MR) is 126 cm³/mol. The predicted octanol–water partition coefficient (Wildman–Crippen LogP) is 4.21. The Labute approximate surface area is 175 Å². The molecule has 0 fully saturated rings. The van der Waals surface area contributed by atoms with Crippen LogP contribution in [0.3, 0.4) is 0 Å². The SMILES string of the molecule is Cc1nc(N=C(N)N)sc1-c1ccc(NCC=Cc2ccc(N(C)C)cc2)cc1. The number of aryl methyl sites for hydroxylation is 1. The molecular formula is C22H26N6S.